The third-order valence-corrected chi connectivity index (χ3v) is 4.57. The number of nitrogens with one attached hydrogen (secondary N) is 1. The first-order valence-electron chi connectivity index (χ1n) is 7.80. The van der Waals surface area contributed by atoms with Crippen molar-refractivity contribution in [3.8, 4) is 11.3 Å². The van der Waals surface area contributed by atoms with E-state index in [1.807, 2.05) is 57.2 Å². The van der Waals surface area contributed by atoms with Crippen molar-refractivity contribution in [1.82, 2.24) is 15.3 Å². The van der Waals surface area contributed by atoms with Crippen molar-refractivity contribution < 1.29 is 4.79 Å². The van der Waals surface area contributed by atoms with Gasteiger partial charge in [0, 0.05) is 16.6 Å². The second-order valence-corrected chi connectivity index (χ2v) is 6.80. The van der Waals surface area contributed by atoms with Crippen LogP contribution in [0.5, 0.6) is 0 Å². The molecule has 0 saturated carbocycles. The monoisotopic (exact) mass is 337 g/mol. The largest absolute Gasteiger partial charge is 0.344 e. The molecule has 0 aliphatic rings. The normalized spacial score (nSPS) is 12.0. The van der Waals surface area contributed by atoms with Crippen molar-refractivity contribution >= 4 is 17.2 Å². The predicted molar refractivity (Wildman–Crippen MR) is 97.1 cm³/mol. The van der Waals surface area contributed by atoms with Crippen molar-refractivity contribution in [3.05, 3.63) is 69.8 Å². The zero-order valence-electron chi connectivity index (χ0n) is 13.9. The zero-order chi connectivity index (χ0) is 17.1. The van der Waals surface area contributed by atoms with E-state index in [0.717, 1.165) is 27.5 Å². The van der Waals surface area contributed by atoms with Gasteiger partial charge in [-0.05, 0) is 38.5 Å². The molecule has 3 rings (SSSR count). The van der Waals surface area contributed by atoms with E-state index in [1.165, 1.54) is 0 Å². The number of pyridine rings is 1. The van der Waals surface area contributed by atoms with E-state index < -0.39 is 0 Å². The summed E-state index contributed by atoms with van der Waals surface area (Å²) in [6, 6.07) is 13.5. The van der Waals surface area contributed by atoms with E-state index in [0.29, 0.717) is 5.69 Å². The summed E-state index contributed by atoms with van der Waals surface area (Å²) < 4.78 is 0. The fourth-order valence-electron chi connectivity index (χ4n) is 2.46. The smallest absolute Gasteiger partial charge is 0.270 e. The Balaban J connectivity index is 1.71. The van der Waals surface area contributed by atoms with Crippen LogP contribution in [0.25, 0.3) is 11.3 Å². The van der Waals surface area contributed by atoms with Gasteiger partial charge in [-0.1, -0.05) is 30.3 Å². The zero-order valence-corrected chi connectivity index (χ0v) is 14.7. The lowest BCUT2D eigenvalue weighted by Crippen LogP contribution is -2.27. The van der Waals surface area contributed by atoms with Gasteiger partial charge in [0.2, 0.25) is 0 Å². The molecule has 1 atom stereocenters. The highest BCUT2D eigenvalue weighted by molar-refractivity contribution is 7.09. The maximum atomic E-state index is 12.3. The molecule has 0 bridgehead atoms. The average molecular weight is 337 g/mol. The molecule has 0 fully saturated rings. The topological polar surface area (TPSA) is 54.9 Å². The molecule has 5 heteroatoms. The Labute approximate surface area is 145 Å². The van der Waals surface area contributed by atoms with Crippen LogP contribution in [0.4, 0.5) is 0 Å². The molecule has 3 aromatic rings. The van der Waals surface area contributed by atoms with Crippen molar-refractivity contribution in [2.75, 3.05) is 0 Å². The SMILES string of the molecule is Cc1cccc(C(=O)N[C@@H](C)c2ccc(-c3csc(C)n3)cc2)n1. The lowest BCUT2D eigenvalue weighted by atomic mass is 10.0. The first kappa shape index (κ1) is 16.3. The summed E-state index contributed by atoms with van der Waals surface area (Å²) in [5, 5.41) is 6.10. The second kappa shape index (κ2) is 6.93. The van der Waals surface area contributed by atoms with E-state index in [-0.39, 0.29) is 11.9 Å². The van der Waals surface area contributed by atoms with E-state index in [2.05, 4.69) is 20.7 Å². The van der Waals surface area contributed by atoms with Gasteiger partial charge in [0.05, 0.1) is 16.7 Å². The summed E-state index contributed by atoms with van der Waals surface area (Å²) in [7, 11) is 0. The molecule has 0 aliphatic heterocycles. The molecular weight excluding hydrogens is 318 g/mol. The van der Waals surface area contributed by atoms with Gasteiger partial charge in [0.25, 0.3) is 5.91 Å². The minimum Gasteiger partial charge on any atom is -0.344 e. The first-order chi connectivity index (χ1) is 11.5. The van der Waals surface area contributed by atoms with E-state index in [4.69, 9.17) is 0 Å². The summed E-state index contributed by atoms with van der Waals surface area (Å²) in [6.45, 7) is 5.84. The van der Waals surface area contributed by atoms with Gasteiger partial charge in [0.1, 0.15) is 5.69 Å². The van der Waals surface area contributed by atoms with Gasteiger partial charge in [-0.2, -0.15) is 0 Å². The van der Waals surface area contributed by atoms with Gasteiger partial charge in [-0.25, -0.2) is 9.97 Å². The van der Waals surface area contributed by atoms with Crippen molar-refractivity contribution in [2.24, 2.45) is 0 Å². The maximum absolute atomic E-state index is 12.3. The Bertz CT molecular complexity index is 855. The standard InChI is InChI=1S/C19H19N3OS/c1-12-5-4-6-17(20-12)19(23)21-13(2)15-7-9-16(10-8-15)18-11-24-14(3)22-18/h4-11,13H,1-3H3,(H,21,23)/t13-/m0/s1. The van der Waals surface area contributed by atoms with Crippen LogP contribution in [0.3, 0.4) is 0 Å². The van der Waals surface area contributed by atoms with Crippen LogP contribution < -0.4 is 5.32 Å². The molecule has 4 nitrogen and oxygen atoms in total. The second-order valence-electron chi connectivity index (χ2n) is 5.73. The Morgan fingerprint density at radius 2 is 1.83 bits per heavy atom. The van der Waals surface area contributed by atoms with Crippen LogP contribution in [0, 0.1) is 13.8 Å². The van der Waals surface area contributed by atoms with E-state index in [1.54, 1.807) is 17.4 Å². The van der Waals surface area contributed by atoms with Crippen LogP contribution in [0.2, 0.25) is 0 Å². The third-order valence-electron chi connectivity index (χ3n) is 3.79. The summed E-state index contributed by atoms with van der Waals surface area (Å²) in [5.74, 6) is -0.162. The van der Waals surface area contributed by atoms with Crippen molar-refractivity contribution in [1.29, 1.82) is 0 Å². The molecule has 0 saturated heterocycles. The number of carbonyl (C=O) groups is 1. The molecule has 1 N–H and O–H groups in total. The molecule has 1 amide bonds. The number of hydrogen-bond acceptors (Lipinski definition) is 4. The molecular formula is C19H19N3OS. The predicted octanol–water partition coefficient (Wildman–Crippen LogP) is 4.31. The molecule has 0 spiro atoms. The minimum atomic E-state index is -0.162. The van der Waals surface area contributed by atoms with Gasteiger partial charge in [-0.3, -0.25) is 4.79 Å². The Hall–Kier alpha value is -2.53. The number of hydrogen-bond donors (Lipinski definition) is 1. The Morgan fingerprint density at radius 3 is 2.46 bits per heavy atom. The summed E-state index contributed by atoms with van der Waals surface area (Å²) in [4.78, 5) is 21.0. The molecule has 122 valence electrons. The van der Waals surface area contributed by atoms with Crippen molar-refractivity contribution in [2.45, 2.75) is 26.8 Å². The van der Waals surface area contributed by atoms with Crippen LogP contribution in [-0.2, 0) is 0 Å². The summed E-state index contributed by atoms with van der Waals surface area (Å²) in [6.07, 6.45) is 0. The molecule has 1 aromatic carbocycles. The number of nitrogens with zero attached hydrogens (tertiary/aromatic N) is 2. The van der Waals surface area contributed by atoms with E-state index in [9.17, 15) is 4.79 Å². The van der Waals surface area contributed by atoms with Gasteiger partial charge < -0.3 is 5.32 Å². The fourth-order valence-corrected chi connectivity index (χ4v) is 3.08. The number of benzene rings is 1. The highest BCUT2D eigenvalue weighted by Crippen LogP contribution is 2.23. The fraction of sp³-hybridized carbons (Fsp3) is 0.211. The summed E-state index contributed by atoms with van der Waals surface area (Å²) in [5.41, 5.74) is 4.40. The van der Waals surface area contributed by atoms with E-state index >= 15 is 0 Å². The number of carbonyl (C=O) groups excluding carboxylic acids is 1. The van der Waals surface area contributed by atoms with Crippen LogP contribution >= 0.6 is 11.3 Å². The molecule has 0 aliphatic carbocycles. The lowest BCUT2D eigenvalue weighted by molar-refractivity contribution is 0.0934. The number of thiazole rings is 1. The van der Waals surface area contributed by atoms with Crippen LogP contribution in [-0.4, -0.2) is 15.9 Å². The van der Waals surface area contributed by atoms with Crippen molar-refractivity contribution in [3.63, 3.8) is 0 Å². The highest BCUT2D eigenvalue weighted by atomic mass is 32.1. The summed E-state index contributed by atoms with van der Waals surface area (Å²) >= 11 is 1.64. The van der Waals surface area contributed by atoms with Gasteiger partial charge in [0.15, 0.2) is 0 Å². The average Bonchev–Trinajstić information content (AvgIpc) is 3.01. The quantitative estimate of drug-likeness (QED) is 0.771. The number of amides is 1. The minimum absolute atomic E-state index is 0.0916. The lowest BCUT2D eigenvalue weighted by Gasteiger charge is -2.14. The molecule has 0 unspecified atom stereocenters. The Kier molecular flexibility index (Phi) is 4.71. The molecule has 2 aromatic heterocycles. The van der Waals surface area contributed by atoms with Gasteiger partial charge >= 0.3 is 0 Å². The Morgan fingerprint density at radius 1 is 1.08 bits per heavy atom. The number of aromatic nitrogens is 2. The number of aryl methyl sites for hydroxylation is 2. The molecule has 2 heterocycles. The molecule has 24 heavy (non-hydrogen) atoms. The van der Waals surface area contributed by atoms with Gasteiger partial charge in [-0.15, -0.1) is 11.3 Å². The third kappa shape index (κ3) is 3.68. The molecule has 0 radical (unpaired) electrons. The number of rotatable bonds is 4. The highest BCUT2D eigenvalue weighted by Gasteiger charge is 2.13. The van der Waals surface area contributed by atoms with Crippen LogP contribution in [0.1, 0.15) is 39.7 Å². The van der Waals surface area contributed by atoms with Crippen LogP contribution in [0.15, 0.2) is 47.8 Å². The first-order valence-corrected chi connectivity index (χ1v) is 8.68. The maximum Gasteiger partial charge on any atom is 0.270 e.